The minimum atomic E-state index is -0.0509. The number of carbonyl (C=O) groups is 1. The van der Waals surface area contributed by atoms with Gasteiger partial charge in [0.2, 0.25) is 0 Å². The molecule has 2 nitrogen and oxygen atoms in total. The van der Waals surface area contributed by atoms with Crippen LogP contribution in [0.15, 0.2) is 4.99 Å². The summed E-state index contributed by atoms with van der Waals surface area (Å²) in [6.45, 7) is 4.03. The minimum absolute atomic E-state index is 0.0509. The molecule has 1 rings (SSSR count). The number of aldehydes is 1. The Morgan fingerprint density at radius 3 is 2.67 bits per heavy atom. The molecule has 2 unspecified atom stereocenters. The van der Waals surface area contributed by atoms with Gasteiger partial charge in [0.15, 0.2) is 0 Å². The number of rotatable bonds is 1. The van der Waals surface area contributed by atoms with Gasteiger partial charge in [-0.2, -0.15) is 0 Å². The predicted molar refractivity (Wildman–Crippen MR) is 36.7 cm³/mol. The molecule has 0 saturated carbocycles. The van der Waals surface area contributed by atoms with E-state index >= 15 is 0 Å². The smallest absolute Gasteiger partial charge is 0.144 e. The summed E-state index contributed by atoms with van der Waals surface area (Å²) in [5.41, 5.74) is 1.11. The SMILES string of the molecule is CC1=NC(C=O)C(C)C1. The molecule has 0 fully saturated rings. The largest absolute Gasteiger partial charge is 0.301 e. The van der Waals surface area contributed by atoms with E-state index < -0.39 is 0 Å². The highest BCUT2D eigenvalue weighted by atomic mass is 16.1. The molecule has 0 aromatic heterocycles. The fourth-order valence-corrected chi connectivity index (χ4v) is 1.19. The van der Waals surface area contributed by atoms with Gasteiger partial charge in [-0.3, -0.25) is 4.99 Å². The van der Waals surface area contributed by atoms with Gasteiger partial charge >= 0.3 is 0 Å². The normalized spacial score (nSPS) is 34.2. The Labute approximate surface area is 55.0 Å². The minimum Gasteiger partial charge on any atom is -0.301 e. The zero-order chi connectivity index (χ0) is 6.85. The first-order valence-corrected chi connectivity index (χ1v) is 3.22. The average molecular weight is 125 g/mol. The fraction of sp³-hybridized carbons (Fsp3) is 0.714. The Hall–Kier alpha value is -0.660. The van der Waals surface area contributed by atoms with Crippen LogP contribution in [0.5, 0.6) is 0 Å². The fourth-order valence-electron chi connectivity index (χ4n) is 1.19. The predicted octanol–water partition coefficient (Wildman–Crippen LogP) is 1.05. The third kappa shape index (κ3) is 1.18. The maximum absolute atomic E-state index is 10.3. The average Bonchev–Trinajstić information content (AvgIpc) is 2.10. The molecule has 50 valence electrons. The topological polar surface area (TPSA) is 29.4 Å². The van der Waals surface area contributed by atoms with Crippen molar-refractivity contribution < 1.29 is 4.79 Å². The molecule has 0 aliphatic carbocycles. The molecule has 0 amide bonds. The zero-order valence-corrected chi connectivity index (χ0v) is 5.79. The first kappa shape index (κ1) is 6.46. The van der Waals surface area contributed by atoms with Gasteiger partial charge in [-0.25, -0.2) is 0 Å². The lowest BCUT2D eigenvalue weighted by Crippen LogP contribution is -2.10. The first-order chi connectivity index (χ1) is 4.24. The van der Waals surface area contributed by atoms with Crippen LogP contribution in [0, 0.1) is 5.92 Å². The van der Waals surface area contributed by atoms with Gasteiger partial charge in [0.05, 0.1) is 0 Å². The molecule has 2 heteroatoms. The molecule has 0 bridgehead atoms. The van der Waals surface area contributed by atoms with Crippen LogP contribution < -0.4 is 0 Å². The number of nitrogens with zero attached hydrogens (tertiary/aromatic N) is 1. The van der Waals surface area contributed by atoms with Crippen molar-refractivity contribution in [3.05, 3.63) is 0 Å². The molecule has 1 aliphatic heterocycles. The highest BCUT2D eigenvalue weighted by Crippen LogP contribution is 2.18. The molecule has 1 heterocycles. The van der Waals surface area contributed by atoms with E-state index in [-0.39, 0.29) is 6.04 Å². The van der Waals surface area contributed by atoms with Gasteiger partial charge in [0.1, 0.15) is 12.3 Å². The zero-order valence-electron chi connectivity index (χ0n) is 5.79. The monoisotopic (exact) mass is 125 g/mol. The molecule has 0 N–H and O–H groups in total. The summed E-state index contributed by atoms with van der Waals surface area (Å²) in [6, 6.07) is -0.0509. The molecule has 9 heavy (non-hydrogen) atoms. The third-order valence-corrected chi connectivity index (χ3v) is 1.71. The number of hydrogen-bond donors (Lipinski definition) is 0. The number of hydrogen-bond acceptors (Lipinski definition) is 2. The highest BCUT2D eigenvalue weighted by molar-refractivity contribution is 5.86. The van der Waals surface area contributed by atoms with E-state index in [2.05, 4.69) is 11.9 Å². The van der Waals surface area contributed by atoms with E-state index in [1.165, 1.54) is 0 Å². The van der Waals surface area contributed by atoms with Crippen molar-refractivity contribution in [3.63, 3.8) is 0 Å². The highest BCUT2D eigenvalue weighted by Gasteiger charge is 2.21. The molecular weight excluding hydrogens is 114 g/mol. The van der Waals surface area contributed by atoms with Gasteiger partial charge in [-0.15, -0.1) is 0 Å². The summed E-state index contributed by atoms with van der Waals surface area (Å²) in [4.78, 5) is 14.4. The van der Waals surface area contributed by atoms with Gasteiger partial charge in [-0.05, 0) is 19.3 Å². The van der Waals surface area contributed by atoms with Gasteiger partial charge in [0, 0.05) is 5.71 Å². The Kier molecular flexibility index (Phi) is 1.65. The van der Waals surface area contributed by atoms with E-state index in [0.29, 0.717) is 5.92 Å². The third-order valence-electron chi connectivity index (χ3n) is 1.71. The van der Waals surface area contributed by atoms with Gasteiger partial charge in [0.25, 0.3) is 0 Å². The number of carbonyl (C=O) groups excluding carboxylic acids is 1. The van der Waals surface area contributed by atoms with E-state index in [0.717, 1.165) is 18.4 Å². The summed E-state index contributed by atoms with van der Waals surface area (Å²) in [5, 5.41) is 0. The van der Waals surface area contributed by atoms with Crippen molar-refractivity contribution in [1.82, 2.24) is 0 Å². The maximum atomic E-state index is 10.3. The Morgan fingerprint density at radius 1 is 1.78 bits per heavy atom. The molecular formula is C7H11NO. The lowest BCUT2D eigenvalue weighted by molar-refractivity contribution is -0.109. The van der Waals surface area contributed by atoms with Crippen LogP contribution in [-0.4, -0.2) is 18.0 Å². The van der Waals surface area contributed by atoms with Crippen molar-refractivity contribution in [2.75, 3.05) is 0 Å². The van der Waals surface area contributed by atoms with Crippen molar-refractivity contribution in [2.45, 2.75) is 26.3 Å². The van der Waals surface area contributed by atoms with Crippen LogP contribution >= 0.6 is 0 Å². The molecule has 0 radical (unpaired) electrons. The van der Waals surface area contributed by atoms with Gasteiger partial charge < -0.3 is 4.79 Å². The van der Waals surface area contributed by atoms with Crippen molar-refractivity contribution in [2.24, 2.45) is 10.9 Å². The summed E-state index contributed by atoms with van der Waals surface area (Å²) < 4.78 is 0. The summed E-state index contributed by atoms with van der Waals surface area (Å²) in [7, 11) is 0. The van der Waals surface area contributed by atoms with E-state index in [4.69, 9.17) is 0 Å². The van der Waals surface area contributed by atoms with Crippen molar-refractivity contribution in [1.29, 1.82) is 0 Å². The molecule has 0 aromatic rings. The standard InChI is InChI=1S/C7H11NO/c1-5-3-6(2)8-7(5)4-9/h4-5,7H,3H2,1-2H3. The van der Waals surface area contributed by atoms with Crippen LogP contribution in [0.25, 0.3) is 0 Å². The quantitative estimate of drug-likeness (QED) is 0.482. The van der Waals surface area contributed by atoms with Crippen LogP contribution in [0.1, 0.15) is 20.3 Å². The molecule has 0 aromatic carbocycles. The first-order valence-electron chi connectivity index (χ1n) is 3.22. The van der Waals surface area contributed by atoms with Crippen LogP contribution in [0.2, 0.25) is 0 Å². The second kappa shape index (κ2) is 2.29. The Morgan fingerprint density at radius 2 is 2.44 bits per heavy atom. The van der Waals surface area contributed by atoms with Crippen molar-refractivity contribution >= 4 is 12.0 Å². The van der Waals surface area contributed by atoms with Crippen LogP contribution in [-0.2, 0) is 4.79 Å². The Balaban J connectivity index is 2.63. The molecule has 2 atom stereocenters. The summed E-state index contributed by atoms with van der Waals surface area (Å²) in [5.74, 6) is 0.433. The van der Waals surface area contributed by atoms with Crippen LogP contribution in [0.3, 0.4) is 0 Å². The second-order valence-corrected chi connectivity index (χ2v) is 2.67. The summed E-state index contributed by atoms with van der Waals surface area (Å²) in [6.07, 6.45) is 1.92. The van der Waals surface area contributed by atoms with E-state index in [1.54, 1.807) is 0 Å². The van der Waals surface area contributed by atoms with Crippen LogP contribution in [0.4, 0.5) is 0 Å². The van der Waals surface area contributed by atoms with Crippen molar-refractivity contribution in [3.8, 4) is 0 Å². The lowest BCUT2D eigenvalue weighted by Gasteiger charge is -2.02. The number of aliphatic imine (C=N–C) groups is 1. The van der Waals surface area contributed by atoms with Gasteiger partial charge in [-0.1, -0.05) is 6.92 Å². The molecule has 0 saturated heterocycles. The molecule has 1 aliphatic rings. The maximum Gasteiger partial charge on any atom is 0.144 e. The Bertz CT molecular complexity index is 151. The van der Waals surface area contributed by atoms with E-state index in [9.17, 15) is 4.79 Å². The summed E-state index contributed by atoms with van der Waals surface area (Å²) >= 11 is 0. The lowest BCUT2D eigenvalue weighted by atomic mass is 10.0. The van der Waals surface area contributed by atoms with E-state index in [1.807, 2.05) is 6.92 Å². The second-order valence-electron chi connectivity index (χ2n) is 2.67. The molecule has 0 spiro atoms.